The monoisotopic (exact) mass is 471 g/mol. The van der Waals surface area contributed by atoms with Crippen LogP contribution in [-0.4, -0.2) is 31.5 Å². The molecule has 1 N–H and O–H groups in total. The minimum absolute atomic E-state index is 0.147. The number of anilines is 1. The largest absolute Gasteiger partial charge is 0.325 e. The van der Waals surface area contributed by atoms with Crippen LogP contribution >= 0.6 is 23.4 Å². The van der Waals surface area contributed by atoms with Crippen molar-refractivity contribution in [1.29, 1.82) is 0 Å². The second-order valence-electron chi connectivity index (χ2n) is 7.26. The van der Waals surface area contributed by atoms with E-state index in [4.69, 9.17) is 16.7 Å². The summed E-state index contributed by atoms with van der Waals surface area (Å²) < 4.78 is 1.67. The Morgan fingerprint density at radius 1 is 0.818 bits per heavy atom. The predicted octanol–water partition coefficient (Wildman–Crippen LogP) is 5.84. The van der Waals surface area contributed by atoms with E-state index in [1.807, 2.05) is 42.5 Å². The predicted molar refractivity (Wildman–Crippen MR) is 132 cm³/mol. The molecule has 0 aliphatic carbocycles. The van der Waals surface area contributed by atoms with Gasteiger partial charge in [-0.25, -0.2) is 0 Å². The number of hydrogen-bond donors (Lipinski definition) is 1. The van der Waals surface area contributed by atoms with Crippen molar-refractivity contribution in [3.8, 4) is 22.4 Å². The van der Waals surface area contributed by atoms with Gasteiger partial charge in [0.25, 0.3) is 0 Å². The lowest BCUT2D eigenvalue weighted by Crippen LogP contribution is -2.14. The first-order chi connectivity index (χ1) is 16.2. The molecule has 0 aliphatic heterocycles. The molecule has 0 saturated heterocycles. The molecule has 3 aromatic carbocycles. The van der Waals surface area contributed by atoms with Crippen LogP contribution in [0.5, 0.6) is 0 Å². The van der Waals surface area contributed by atoms with E-state index in [2.05, 4.69) is 39.8 Å². The fourth-order valence-electron chi connectivity index (χ4n) is 3.34. The highest BCUT2D eigenvalue weighted by atomic mass is 35.5. The summed E-state index contributed by atoms with van der Waals surface area (Å²) >= 11 is 7.16. The highest BCUT2D eigenvalue weighted by molar-refractivity contribution is 7.99. The lowest BCUT2D eigenvalue weighted by Gasteiger charge is -2.06. The van der Waals surface area contributed by atoms with E-state index in [1.165, 1.54) is 17.3 Å². The topological polar surface area (TPSA) is 72.2 Å². The molecule has 5 rings (SSSR count). The number of halogens is 1. The fraction of sp³-hybridized carbons (Fsp3) is 0.0400. The number of carbonyl (C=O) groups excluding carboxylic acids is 1. The van der Waals surface area contributed by atoms with Crippen molar-refractivity contribution in [2.45, 2.75) is 5.16 Å². The molecule has 0 bridgehead atoms. The summed E-state index contributed by atoms with van der Waals surface area (Å²) in [5.41, 5.74) is 5.42. The maximum absolute atomic E-state index is 12.3. The Labute approximate surface area is 199 Å². The molecule has 0 spiro atoms. The number of fused-ring (bicyclic) bond motifs is 1. The van der Waals surface area contributed by atoms with Crippen LogP contribution in [-0.2, 0) is 4.79 Å². The number of hydrogen-bond acceptors (Lipinski definition) is 5. The van der Waals surface area contributed by atoms with Crippen LogP contribution in [0.2, 0.25) is 5.02 Å². The smallest absolute Gasteiger partial charge is 0.234 e. The molecule has 0 saturated carbocycles. The molecule has 2 heterocycles. The van der Waals surface area contributed by atoms with Gasteiger partial charge in [0.15, 0.2) is 5.65 Å². The van der Waals surface area contributed by atoms with Gasteiger partial charge in [0, 0.05) is 16.3 Å². The molecule has 0 atom stereocenters. The zero-order valence-electron chi connectivity index (χ0n) is 17.4. The third kappa shape index (κ3) is 4.89. The summed E-state index contributed by atoms with van der Waals surface area (Å²) in [7, 11) is 0. The first-order valence-corrected chi connectivity index (χ1v) is 11.6. The number of benzene rings is 3. The molecule has 2 aromatic heterocycles. The Kier molecular flexibility index (Phi) is 6.06. The lowest BCUT2D eigenvalue weighted by atomic mass is 10.0. The zero-order valence-corrected chi connectivity index (χ0v) is 18.9. The molecule has 33 heavy (non-hydrogen) atoms. The lowest BCUT2D eigenvalue weighted by molar-refractivity contribution is -0.113. The van der Waals surface area contributed by atoms with Crippen LogP contribution in [0.25, 0.3) is 28.0 Å². The second kappa shape index (κ2) is 9.44. The Morgan fingerprint density at radius 3 is 2.27 bits per heavy atom. The van der Waals surface area contributed by atoms with E-state index >= 15 is 0 Å². The van der Waals surface area contributed by atoms with Crippen LogP contribution < -0.4 is 5.32 Å². The summed E-state index contributed by atoms with van der Waals surface area (Å²) in [5.74, 6) is 0.0351. The van der Waals surface area contributed by atoms with Gasteiger partial charge in [-0.3, -0.25) is 4.79 Å². The number of nitrogens with one attached hydrogen (secondary N) is 1. The summed E-state index contributed by atoms with van der Waals surface area (Å²) in [6, 6.07) is 29.3. The molecule has 0 aliphatic rings. The highest BCUT2D eigenvalue weighted by Gasteiger charge is 2.12. The van der Waals surface area contributed by atoms with E-state index in [-0.39, 0.29) is 11.7 Å². The molecular formula is C25H18ClN5OS. The minimum Gasteiger partial charge on any atom is -0.325 e. The normalized spacial score (nSPS) is 10.9. The summed E-state index contributed by atoms with van der Waals surface area (Å²) in [6.45, 7) is 0. The van der Waals surface area contributed by atoms with E-state index in [9.17, 15) is 4.79 Å². The Balaban J connectivity index is 1.31. The number of carbonyl (C=O) groups is 1. The summed E-state index contributed by atoms with van der Waals surface area (Å²) in [5, 5.41) is 17.1. The van der Waals surface area contributed by atoms with Crippen molar-refractivity contribution < 1.29 is 4.79 Å². The maximum atomic E-state index is 12.3. The Hall–Kier alpha value is -3.68. The zero-order chi connectivity index (χ0) is 22.6. The molecule has 0 fully saturated rings. The second-order valence-corrected chi connectivity index (χ2v) is 8.64. The van der Waals surface area contributed by atoms with Crippen LogP contribution in [0.4, 0.5) is 5.69 Å². The van der Waals surface area contributed by atoms with Gasteiger partial charge in [0.1, 0.15) is 0 Å². The molecule has 8 heteroatoms. The van der Waals surface area contributed by atoms with E-state index in [0.29, 0.717) is 21.5 Å². The third-order valence-corrected chi connectivity index (χ3v) is 6.15. The van der Waals surface area contributed by atoms with Crippen LogP contribution in [0.15, 0.2) is 96.2 Å². The van der Waals surface area contributed by atoms with Crippen LogP contribution in [0.3, 0.4) is 0 Å². The van der Waals surface area contributed by atoms with Crippen molar-refractivity contribution >= 4 is 40.6 Å². The number of amides is 1. The SMILES string of the molecule is O=C(CSc1nnc2ccc(-c3ccc(-c4ccccc4)cc3)nn12)Nc1ccc(Cl)cc1. The average molecular weight is 472 g/mol. The number of thioether (sulfide) groups is 1. The van der Waals surface area contributed by atoms with Crippen molar-refractivity contribution in [3.63, 3.8) is 0 Å². The van der Waals surface area contributed by atoms with E-state index < -0.39 is 0 Å². The average Bonchev–Trinajstić information content (AvgIpc) is 3.27. The molecule has 0 unspecified atom stereocenters. The number of nitrogens with zero attached hydrogens (tertiary/aromatic N) is 4. The van der Waals surface area contributed by atoms with E-state index in [0.717, 1.165) is 16.8 Å². The molecular weight excluding hydrogens is 454 g/mol. The quantitative estimate of drug-likeness (QED) is 0.315. The van der Waals surface area contributed by atoms with Gasteiger partial charge in [0.05, 0.1) is 11.4 Å². The van der Waals surface area contributed by atoms with Gasteiger partial charge in [-0.2, -0.15) is 9.61 Å². The Morgan fingerprint density at radius 2 is 1.52 bits per heavy atom. The molecule has 6 nitrogen and oxygen atoms in total. The van der Waals surface area contributed by atoms with Gasteiger partial charge in [-0.15, -0.1) is 10.2 Å². The van der Waals surface area contributed by atoms with Crippen molar-refractivity contribution in [3.05, 3.63) is 96.0 Å². The van der Waals surface area contributed by atoms with Crippen molar-refractivity contribution in [1.82, 2.24) is 19.8 Å². The fourth-order valence-corrected chi connectivity index (χ4v) is 4.15. The maximum Gasteiger partial charge on any atom is 0.234 e. The highest BCUT2D eigenvalue weighted by Crippen LogP contribution is 2.25. The molecule has 5 aromatic rings. The summed E-state index contributed by atoms with van der Waals surface area (Å²) in [6.07, 6.45) is 0. The van der Waals surface area contributed by atoms with Crippen molar-refractivity contribution in [2.75, 3.05) is 11.1 Å². The van der Waals surface area contributed by atoms with Crippen LogP contribution in [0.1, 0.15) is 0 Å². The number of aromatic nitrogens is 4. The standard InChI is InChI=1S/C25H18ClN5OS/c26-20-10-12-21(13-11-20)27-24(32)16-33-25-29-28-23-15-14-22(30-31(23)25)19-8-6-18(7-9-19)17-4-2-1-3-5-17/h1-15H,16H2,(H,27,32). The van der Waals surface area contributed by atoms with Crippen molar-refractivity contribution in [2.24, 2.45) is 0 Å². The van der Waals surface area contributed by atoms with Gasteiger partial charge < -0.3 is 5.32 Å². The summed E-state index contributed by atoms with van der Waals surface area (Å²) in [4.78, 5) is 12.3. The number of rotatable bonds is 6. The third-order valence-electron chi connectivity index (χ3n) is 4.98. The van der Waals surface area contributed by atoms with Gasteiger partial charge in [-0.1, -0.05) is 78.0 Å². The first-order valence-electron chi connectivity index (χ1n) is 10.2. The Bertz CT molecular complexity index is 1400. The van der Waals surface area contributed by atoms with Gasteiger partial charge in [0.2, 0.25) is 11.1 Å². The molecule has 162 valence electrons. The van der Waals surface area contributed by atoms with E-state index in [1.54, 1.807) is 28.8 Å². The molecule has 0 radical (unpaired) electrons. The molecule has 1 amide bonds. The van der Waals surface area contributed by atoms with Gasteiger partial charge >= 0.3 is 0 Å². The van der Waals surface area contributed by atoms with Crippen LogP contribution in [0, 0.1) is 0 Å². The van der Waals surface area contributed by atoms with Gasteiger partial charge in [-0.05, 0) is 47.5 Å². The minimum atomic E-state index is -0.147. The first kappa shape index (κ1) is 21.2.